The lowest BCUT2D eigenvalue weighted by Crippen LogP contribution is -2.27. The van der Waals surface area contributed by atoms with Crippen LogP contribution in [0.5, 0.6) is 0 Å². The number of carbonyl (C=O) groups is 1. The lowest BCUT2D eigenvalue weighted by Gasteiger charge is -2.20. The van der Waals surface area contributed by atoms with Gasteiger partial charge in [0.05, 0.1) is 15.7 Å². The minimum absolute atomic E-state index is 0.395. The quantitative estimate of drug-likeness (QED) is 0.789. The van der Waals surface area contributed by atoms with Crippen molar-refractivity contribution in [2.75, 3.05) is 0 Å². The van der Waals surface area contributed by atoms with Crippen molar-refractivity contribution in [1.82, 2.24) is 9.55 Å². The highest BCUT2D eigenvalue weighted by molar-refractivity contribution is 9.11. The molecule has 0 aliphatic carbocycles. The first-order chi connectivity index (χ1) is 8.37. The number of ether oxygens (including phenoxy) is 1. The van der Waals surface area contributed by atoms with E-state index in [-0.39, 0.29) is 0 Å². The fraction of sp³-hybridized carbons (Fsp3) is 0.333. The summed E-state index contributed by atoms with van der Waals surface area (Å²) in [5, 5.41) is 0.776. The summed E-state index contributed by atoms with van der Waals surface area (Å²) in [6.07, 6.45) is 3.00. The van der Waals surface area contributed by atoms with E-state index in [4.69, 9.17) is 4.74 Å². The summed E-state index contributed by atoms with van der Waals surface area (Å²) in [5.41, 5.74) is 0.224. The zero-order valence-electron chi connectivity index (χ0n) is 10.3. The Kier molecular flexibility index (Phi) is 3.59. The molecule has 0 aliphatic heterocycles. The molecule has 4 nitrogen and oxygen atoms in total. The van der Waals surface area contributed by atoms with Crippen LogP contribution in [0.15, 0.2) is 28.3 Å². The molecule has 96 valence electrons. The maximum absolute atomic E-state index is 12.0. The molecule has 18 heavy (non-hydrogen) atoms. The lowest BCUT2D eigenvalue weighted by atomic mass is 10.2. The van der Waals surface area contributed by atoms with Gasteiger partial charge in [-0.15, -0.1) is 11.3 Å². The van der Waals surface area contributed by atoms with Crippen LogP contribution in [0.2, 0.25) is 0 Å². The summed E-state index contributed by atoms with van der Waals surface area (Å²) in [4.78, 5) is 16.3. The van der Waals surface area contributed by atoms with Crippen LogP contribution in [0.25, 0.3) is 10.7 Å². The Morgan fingerprint density at radius 2 is 2.22 bits per heavy atom. The van der Waals surface area contributed by atoms with E-state index < -0.39 is 11.7 Å². The Bertz CT molecular complexity index is 569. The summed E-state index contributed by atoms with van der Waals surface area (Å²) >= 11 is 4.83. The van der Waals surface area contributed by atoms with Gasteiger partial charge in [0.15, 0.2) is 0 Å². The van der Waals surface area contributed by atoms with Crippen molar-refractivity contribution >= 4 is 33.4 Å². The van der Waals surface area contributed by atoms with Gasteiger partial charge in [0.25, 0.3) is 0 Å². The third-order valence-electron chi connectivity index (χ3n) is 2.04. The Morgan fingerprint density at radius 1 is 1.50 bits per heavy atom. The average Bonchev–Trinajstić information content (AvgIpc) is 2.81. The molecule has 0 spiro atoms. The van der Waals surface area contributed by atoms with Crippen LogP contribution >= 0.6 is 27.3 Å². The highest BCUT2D eigenvalue weighted by Crippen LogP contribution is 2.29. The van der Waals surface area contributed by atoms with Crippen molar-refractivity contribution in [1.29, 1.82) is 0 Å². The van der Waals surface area contributed by atoms with Crippen molar-refractivity contribution in [3.63, 3.8) is 0 Å². The summed E-state index contributed by atoms with van der Waals surface area (Å²) < 4.78 is 7.73. The van der Waals surface area contributed by atoms with E-state index in [2.05, 4.69) is 20.9 Å². The first kappa shape index (κ1) is 13.3. The maximum atomic E-state index is 12.0. The average molecular weight is 329 g/mol. The molecule has 2 rings (SSSR count). The van der Waals surface area contributed by atoms with Crippen LogP contribution < -0.4 is 0 Å². The minimum atomic E-state index is -0.512. The Labute approximate surface area is 118 Å². The van der Waals surface area contributed by atoms with Crippen LogP contribution in [-0.4, -0.2) is 21.2 Å². The van der Waals surface area contributed by atoms with Crippen LogP contribution in [0.3, 0.4) is 0 Å². The van der Waals surface area contributed by atoms with Gasteiger partial charge in [0.2, 0.25) is 0 Å². The van der Waals surface area contributed by atoms with E-state index in [1.54, 1.807) is 18.5 Å². The van der Waals surface area contributed by atoms with Crippen LogP contribution in [-0.2, 0) is 4.74 Å². The predicted octanol–water partition coefficient (Wildman–Crippen LogP) is 4.16. The molecule has 2 aromatic heterocycles. The summed E-state index contributed by atoms with van der Waals surface area (Å²) in [7, 11) is 0. The van der Waals surface area contributed by atoms with E-state index in [9.17, 15) is 4.79 Å². The van der Waals surface area contributed by atoms with Gasteiger partial charge >= 0.3 is 6.09 Å². The molecule has 0 radical (unpaired) electrons. The molecule has 0 aliphatic rings. The fourth-order valence-corrected chi connectivity index (χ4v) is 2.63. The summed E-state index contributed by atoms with van der Waals surface area (Å²) in [5.74, 6) is 0. The van der Waals surface area contributed by atoms with Crippen LogP contribution in [0, 0.1) is 0 Å². The van der Waals surface area contributed by atoms with Gasteiger partial charge < -0.3 is 4.74 Å². The topological polar surface area (TPSA) is 44.1 Å². The van der Waals surface area contributed by atoms with Gasteiger partial charge in [0, 0.05) is 6.20 Å². The van der Waals surface area contributed by atoms with Crippen molar-refractivity contribution in [2.45, 2.75) is 26.4 Å². The van der Waals surface area contributed by atoms with E-state index in [1.165, 1.54) is 15.9 Å². The fourth-order valence-electron chi connectivity index (χ4n) is 1.40. The van der Waals surface area contributed by atoms with Gasteiger partial charge in [-0.25, -0.2) is 9.78 Å². The van der Waals surface area contributed by atoms with Crippen LogP contribution in [0.1, 0.15) is 20.8 Å². The molecule has 0 N–H and O–H groups in total. The highest BCUT2D eigenvalue weighted by Gasteiger charge is 2.20. The van der Waals surface area contributed by atoms with Gasteiger partial charge in [-0.2, -0.15) is 0 Å². The molecule has 0 bridgehead atoms. The zero-order chi connectivity index (χ0) is 13.3. The van der Waals surface area contributed by atoms with Gasteiger partial charge in [-0.1, -0.05) is 0 Å². The Balaban J connectivity index is 2.31. The second-order valence-electron chi connectivity index (χ2n) is 4.71. The van der Waals surface area contributed by atoms with E-state index in [0.717, 1.165) is 14.5 Å². The smallest absolute Gasteiger partial charge is 0.419 e. The van der Waals surface area contributed by atoms with Crippen molar-refractivity contribution in [3.05, 3.63) is 28.3 Å². The summed E-state index contributed by atoms with van der Waals surface area (Å²) in [6.45, 7) is 5.52. The molecule has 0 unspecified atom stereocenters. The highest BCUT2D eigenvalue weighted by atomic mass is 79.9. The number of thiazole rings is 1. The first-order valence-corrected chi connectivity index (χ1v) is 7.00. The second kappa shape index (κ2) is 4.85. The molecule has 0 aromatic carbocycles. The molecule has 2 aromatic rings. The first-order valence-electron chi connectivity index (χ1n) is 5.39. The number of halogens is 1. The third kappa shape index (κ3) is 3.00. The van der Waals surface area contributed by atoms with Crippen molar-refractivity contribution < 1.29 is 9.53 Å². The molecule has 0 saturated carbocycles. The standard InChI is InChI=1S/C12H13BrN2O2S/c1-12(2,3)17-11(16)15-6-4-5-8(15)10-14-7-9(13)18-10/h4-7H,1-3H3. The van der Waals surface area contributed by atoms with Crippen molar-refractivity contribution in [3.8, 4) is 10.7 Å². The predicted molar refractivity (Wildman–Crippen MR) is 74.9 cm³/mol. The lowest BCUT2D eigenvalue weighted by molar-refractivity contribution is 0.0540. The van der Waals surface area contributed by atoms with Crippen molar-refractivity contribution in [2.24, 2.45) is 0 Å². The number of hydrogen-bond acceptors (Lipinski definition) is 4. The monoisotopic (exact) mass is 328 g/mol. The number of aromatic nitrogens is 2. The SMILES string of the molecule is CC(C)(C)OC(=O)n1cccc1-c1ncc(Br)s1. The summed E-state index contributed by atoms with van der Waals surface area (Å²) in [6, 6.07) is 3.64. The maximum Gasteiger partial charge on any atom is 0.419 e. The minimum Gasteiger partial charge on any atom is -0.443 e. The number of carbonyl (C=O) groups excluding carboxylic acids is 1. The largest absolute Gasteiger partial charge is 0.443 e. The molecule has 0 atom stereocenters. The molecule has 2 heterocycles. The molecule has 0 amide bonds. The molecular formula is C12H13BrN2O2S. The normalized spacial score (nSPS) is 11.6. The Hall–Kier alpha value is -1.14. The molecule has 6 heteroatoms. The van der Waals surface area contributed by atoms with Crippen LogP contribution in [0.4, 0.5) is 4.79 Å². The third-order valence-corrected chi connectivity index (χ3v) is 3.53. The number of nitrogens with zero attached hydrogens (tertiary/aromatic N) is 2. The Morgan fingerprint density at radius 3 is 2.78 bits per heavy atom. The van der Waals surface area contributed by atoms with E-state index in [1.807, 2.05) is 26.8 Å². The molecule has 0 saturated heterocycles. The number of rotatable bonds is 1. The second-order valence-corrected chi connectivity index (χ2v) is 7.12. The zero-order valence-corrected chi connectivity index (χ0v) is 12.7. The molecule has 0 fully saturated rings. The molecular weight excluding hydrogens is 316 g/mol. The number of hydrogen-bond donors (Lipinski definition) is 0. The van der Waals surface area contributed by atoms with E-state index >= 15 is 0 Å². The van der Waals surface area contributed by atoms with Gasteiger partial charge in [-0.3, -0.25) is 4.57 Å². The van der Waals surface area contributed by atoms with Gasteiger partial charge in [0.1, 0.15) is 10.6 Å². The van der Waals surface area contributed by atoms with Gasteiger partial charge in [-0.05, 0) is 48.8 Å². The van der Waals surface area contributed by atoms with E-state index in [0.29, 0.717) is 0 Å².